The van der Waals surface area contributed by atoms with Crippen LogP contribution in [-0.4, -0.2) is 37.0 Å². The Morgan fingerprint density at radius 2 is 1.62 bits per heavy atom. The number of carboxylic acid groups (broad SMARTS) is 1. The number of hydrogen-bond acceptors (Lipinski definition) is 3. The number of unbranched alkanes of at least 4 members (excludes halogenated alkanes) is 3. The summed E-state index contributed by atoms with van der Waals surface area (Å²) in [6.07, 6.45) is 2.26. The maximum atomic E-state index is 10.8. The van der Waals surface area contributed by atoms with Gasteiger partial charge in [0.2, 0.25) is 0 Å². The second kappa shape index (κ2) is 10.1. The van der Waals surface area contributed by atoms with E-state index in [1.54, 1.807) is 6.92 Å². The van der Waals surface area contributed by atoms with Gasteiger partial charge in [0.05, 0.1) is 6.61 Å². The Morgan fingerprint density at radius 1 is 1.06 bits per heavy atom. The fourth-order valence-corrected chi connectivity index (χ4v) is 1.17. The Morgan fingerprint density at radius 3 is 2.12 bits per heavy atom. The molecule has 6 heteroatoms. The molecule has 0 rings (SSSR count). The number of nitrogens with one attached hydrogen (secondary N) is 2. The molecule has 0 saturated carbocycles. The predicted octanol–water partition coefficient (Wildman–Crippen LogP) is 1.56. The maximum Gasteiger partial charge on any atom is 0.407 e. The normalized spacial score (nSPS) is 9.56. The van der Waals surface area contributed by atoms with Crippen molar-refractivity contribution in [2.24, 2.45) is 0 Å². The van der Waals surface area contributed by atoms with Gasteiger partial charge in [-0.05, 0) is 19.8 Å². The van der Waals surface area contributed by atoms with Crippen LogP contribution in [0.1, 0.15) is 32.6 Å². The van der Waals surface area contributed by atoms with Gasteiger partial charge in [0.1, 0.15) is 0 Å². The number of carbonyl (C=O) groups is 2. The Balaban J connectivity index is 3.09. The first-order chi connectivity index (χ1) is 7.66. The third-order valence-corrected chi connectivity index (χ3v) is 1.92. The highest BCUT2D eigenvalue weighted by molar-refractivity contribution is 5.66. The summed E-state index contributed by atoms with van der Waals surface area (Å²) >= 11 is 0. The van der Waals surface area contributed by atoms with Crippen LogP contribution >= 0.6 is 0 Å². The molecule has 0 fully saturated rings. The minimum Gasteiger partial charge on any atom is -0.465 e. The molecule has 0 radical (unpaired) electrons. The summed E-state index contributed by atoms with van der Waals surface area (Å²) in [7, 11) is 0. The van der Waals surface area contributed by atoms with Crippen LogP contribution < -0.4 is 10.6 Å². The number of alkyl carbamates (subject to hydrolysis) is 1. The van der Waals surface area contributed by atoms with Crippen LogP contribution in [0.2, 0.25) is 0 Å². The average Bonchev–Trinajstić information content (AvgIpc) is 2.22. The molecule has 0 aliphatic rings. The summed E-state index contributed by atoms with van der Waals surface area (Å²) in [5, 5.41) is 13.2. The first kappa shape index (κ1) is 14.5. The smallest absolute Gasteiger partial charge is 0.407 e. The van der Waals surface area contributed by atoms with Gasteiger partial charge in [-0.3, -0.25) is 0 Å². The summed E-state index contributed by atoms with van der Waals surface area (Å²) in [6, 6.07) is 0. The average molecular weight is 232 g/mol. The van der Waals surface area contributed by atoms with Crippen molar-refractivity contribution in [1.82, 2.24) is 10.6 Å². The molecule has 2 amide bonds. The SMILES string of the molecule is CCOC(=O)NCCCCCCNC(=O)O. The second-order valence-electron chi connectivity index (χ2n) is 3.29. The summed E-state index contributed by atoms with van der Waals surface area (Å²) in [5.41, 5.74) is 0. The highest BCUT2D eigenvalue weighted by atomic mass is 16.5. The third-order valence-electron chi connectivity index (χ3n) is 1.92. The summed E-state index contributed by atoms with van der Waals surface area (Å²) < 4.78 is 4.69. The third kappa shape index (κ3) is 10.6. The van der Waals surface area contributed by atoms with E-state index < -0.39 is 6.09 Å². The molecular formula is C10H20N2O4. The minimum atomic E-state index is -0.982. The minimum absolute atomic E-state index is 0.380. The molecule has 94 valence electrons. The van der Waals surface area contributed by atoms with E-state index in [0.717, 1.165) is 25.7 Å². The van der Waals surface area contributed by atoms with Crippen LogP contribution in [0.4, 0.5) is 9.59 Å². The van der Waals surface area contributed by atoms with Crippen molar-refractivity contribution in [2.45, 2.75) is 32.6 Å². The number of ether oxygens (including phenoxy) is 1. The predicted molar refractivity (Wildman–Crippen MR) is 59.5 cm³/mol. The number of amides is 2. The summed E-state index contributed by atoms with van der Waals surface area (Å²) in [6.45, 7) is 3.23. The number of hydrogen-bond donors (Lipinski definition) is 3. The molecule has 3 N–H and O–H groups in total. The fourth-order valence-electron chi connectivity index (χ4n) is 1.17. The van der Waals surface area contributed by atoms with Gasteiger partial charge in [-0.15, -0.1) is 0 Å². The van der Waals surface area contributed by atoms with Crippen molar-refractivity contribution >= 4 is 12.2 Å². The fraction of sp³-hybridized carbons (Fsp3) is 0.800. The molecule has 16 heavy (non-hydrogen) atoms. The highest BCUT2D eigenvalue weighted by Crippen LogP contribution is 1.97. The molecule has 0 aromatic carbocycles. The van der Waals surface area contributed by atoms with Gasteiger partial charge in [0.15, 0.2) is 0 Å². The summed E-state index contributed by atoms with van der Waals surface area (Å²) in [5.74, 6) is 0. The van der Waals surface area contributed by atoms with Gasteiger partial charge >= 0.3 is 12.2 Å². The van der Waals surface area contributed by atoms with Gasteiger partial charge in [-0.2, -0.15) is 0 Å². The van der Waals surface area contributed by atoms with E-state index in [4.69, 9.17) is 5.11 Å². The Bertz CT molecular complexity index is 209. The van der Waals surface area contributed by atoms with Crippen molar-refractivity contribution in [3.05, 3.63) is 0 Å². The van der Waals surface area contributed by atoms with E-state index in [2.05, 4.69) is 15.4 Å². The number of rotatable bonds is 8. The van der Waals surface area contributed by atoms with E-state index in [0.29, 0.717) is 19.7 Å². The highest BCUT2D eigenvalue weighted by Gasteiger charge is 1.98. The van der Waals surface area contributed by atoms with Crippen molar-refractivity contribution in [2.75, 3.05) is 19.7 Å². The van der Waals surface area contributed by atoms with Gasteiger partial charge in [-0.25, -0.2) is 9.59 Å². The molecule has 0 bridgehead atoms. The summed E-state index contributed by atoms with van der Waals surface area (Å²) in [4.78, 5) is 20.9. The topological polar surface area (TPSA) is 87.7 Å². The van der Waals surface area contributed by atoms with Crippen LogP contribution in [-0.2, 0) is 4.74 Å². The van der Waals surface area contributed by atoms with E-state index in [1.165, 1.54) is 0 Å². The van der Waals surface area contributed by atoms with Gasteiger partial charge in [0, 0.05) is 13.1 Å². The Kier molecular flexibility index (Phi) is 9.15. The standard InChI is InChI=1S/C10H20N2O4/c1-2-16-10(15)12-8-6-4-3-5-7-11-9(13)14/h11H,2-8H2,1H3,(H,12,15)(H,13,14). The molecule has 0 heterocycles. The molecule has 0 spiro atoms. The van der Waals surface area contributed by atoms with Crippen LogP contribution in [0.25, 0.3) is 0 Å². The zero-order valence-corrected chi connectivity index (χ0v) is 9.62. The molecule has 0 atom stereocenters. The van der Waals surface area contributed by atoms with Crippen molar-refractivity contribution in [1.29, 1.82) is 0 Å². The van der Waals surface area contributed by atoms with Crippen LogP contribution in [0.3, 0.4) is 0 Å². The second-order valence-corrected chi connectivity index (χ2v) is 3.29. The quantitative estimate of drug-likeness (QED) is 0.554. The largest absolute Gasteiger partial charge is 0.465 e. The van der Waals surface area contributed by atoms with Crippen molar-refractivity contribution in [3.63, 3.8) is 0 Å². The first-order valence-corrected chi connectivity index (χ1v) is 5.54. The molecule has 6 nitrogen and oxygen atoms in total. The van der Waals surface area contributed by atoms with Crippen LogP contribution in [0.5, 0.6) is 0 Å². The molecule has 0 aromatic rings. The lowest BCUT2D eigenvalue weighted by Gasteiger charge is -2.05. The van der Waals surface area contributed by atoms with Crippen molar-refractivity contribution in [3.8, 4) is 0 Å². The van der Waals surface area contributed by atoms with Crippen molar-refractivity contribution < 1.29 is 19.4 Å². The lowest BCUT2D eigenvalue weighted by molar-refractivity contribution is 0.152. The van der Waals surface area contributed by atoms with Crippen LogP contribution in [0.15, 0.2) is 0 Å². The maximum absolute atomic E-state index is 10.8. The Labute approximate surface area is 95.4 Å². The molecule has 0 unspecified atom stereocenters. The lowest BCUT2D eigenvalue weighted by atomic mass is 10.2. The number of carbonyl (C=O) groups excluding carboxylic acids is 1. The van der Waals surface area contributed by atoms with Gasteiger partial charge < -0.3 is 20.5 Å². The van der Waals surface area contributed by atoms with Gasteiger partial charge in [0.25, 0.3) is 0 Å². The zero-order valence-electron chi connectivity index (χ0n) is 9.62. The molecule has 0 aliphatic carbocycles. The molecular weight excluding hydrogens is 212 g/mol. The van der Waals surface area contributed by atoms with E-state index in [9.17, 15) is 9.59 Å². The molecule has 0 saturated heterocycles. The zero-order chi connectivity index (χ0) is 12.2. The van der Waals surface area contributed by atoms with E-state index >= 15 is 0 Å². The monoisotopic (exact) mass is 232 g/mol. The Hall–Kier alpha value is -1.46. The van der Waals surface area contributed by atoms with Crippen LogP contribution in [0, 0.1) is 0 Å². The lowest BCUT2D eigenvalue weighted by Crippen LogP contribution is -2.25. The van der Waals surface area contributed by atoms with Gasteiger partial charge in [-0.1, -0.05) is 12.8 Å². The van der Waals surface area contributed by atoms with E-state index in [-0.39, 0.29) is 6.09 Å². The molecule has 0 aliphatic heterocycles. The first-order valence-electron chi connectivity index (χ1n) is 5.54. The molecule has 0 aromatic heterocycles. The van der Waals surface area contributed by atoms with E-state index in [1.807, 2.05) is 0 Å².